The molecule has 0 saturated carbocycles. The second-order valence-corrected chi connectivity index (χ2v) is 4.83. The molecular formula is C13H10FNO4S. The van der Waals surface area contributed by atoms with Crippen molar-refractivity contribution in [3.63, 3.8) is 0 Å². The maximum Gasteiger partial charge on any atom is 0.348 e. The molecule has 1 amide bonds. The number of benzene rings is 1. The number of hydrogen-bond donors (Lipinski definition) is 2. The Kier molecular flexibility index (Phi) is 3.99. The highest BCUT2D eigenvalue weighted by atomic mass is 32.1. The molecule has 2 rings (SSSR count). The number of thiophene rings is 1. The first-order valence-corrected chi connectivity index (χ1v) is 6.31. The van der Waals surface area contributed by atoms with Gasteiger partial charge in [0, 0.05) is 11.8 Å². The Balaban J connectivity index is 2.19. The average Bonchev–Trinajstić information content (AvgIpc) is 2.82. The van der Waals surface area contributed by atoms with Crippen LogP contribution in [0.1, 0.15) is 19.3 Å². The molecule has 1 heterocycles. The molecule has 20 heavy (non-hydrogen) atoms. The molecule has 2 aromatic rings. The normalized spacial score (nSPS) is 10.1. The molecule has 0 fully saturated rings. The molecule has 0 unspecified atom stereocenters. The van der Waals surface area contributed by atoms with Crippen LogP contribution in [0.4, 0.5) is 10.1 Å². The minimum atomic E-state index is -0.633. The maximum absolute atomic E-state index is 12.7. The summed E-state index contributed by atoms with van der Waals surface area (Å²) in [6.07, 6.45) is 0. The molecule has 7 heteroatoms. The third-order valence-corrected chi connectivity index (χ3v) is 3.51. The fourth-order valence-electron chi connectivity index (χ4n) is 1.47. The van der Waals surface area contributed by atoms with Crippen molar-refractivity contribution in [3.8, 4) is 5.75 Å². The van der Waals surface area contributed by atoms with Gasteiger partial charge in [0.1, 0.15) is 21.3 Å². The summed E-state index contributed by atoms with van der Waals surface area (Å²) in [5, 5.41) is 12.1. The number of ether oxygens (including phenoxy) is 1. The lowest BCUT2D eigenvalue weighted by atomic mass is 10.3. The van der Waals surface area contributed by atoms with Gasteiger partial charge < -0.3 is 15.2 Å². The molecule has 0 atom stereocenters. The zero-order chi connectivity index (χ0) is 14.7. The van der Waals surface area contributed by atoms with Gasteiger partial charge >= 0.3 is 5.97 Å². The number of nitrogens with one attached hydrogen (secondary N) is 1. The van der Waals surface area contributed by atoms with Crippen molar-refractivity contribution in [2.45, 2.75) is 0 Å². The van der Waals surface area contributed by atoms with E-state index in [1.54, 1.807) is 0 Å². The first-order valence-electron chi connectivity index (χ1n) is 5.49. The van der Waals surface area contributed by atoms with Gasteiger partial charge in [-0.3, -0.25) is 4.79 Å². The minimum Gasteiger partial charge on any atom is -0.506 e. The predicted octanol–water partition coefficient (Wildman–Crippen LogP) is 2.63. The molecule has 0 saturated heterocycles. The van der Waals surface area contributed by atoms with Gasteiger partial charge in [-0.05, 0) is 24.3 Å². The van der Waals surface area contributed by atoms with E-state index >= 15 is 0 Å². The molecule has 0 aliphatic rings. The summed E-state index contributed by atoms with van der Waals surface area (Å²) < 4.78 is 17.2. The van der Waals surface area contributed by atoms with Crippen molar-refractivity contribution in [2.24, 2.45) is 0 Å². The third kappa shape index (κ3) is 2.94. The largest absolute Gasteiger partial charge is 0.506 e. The molecule has 5 nitrogen and oxygen atoms in total. The molecule has 0 aliphatic heterocycles. The molecule has 0 aliphatic carbocycles. The van der Waals surface area contributed by atoms with E-state index in [1.165, 1.54) is 31.4 Å². The second kappa shape index (κ2) is 5.70. The lowest BCUT2D eigenvalue weighted by Crippen LogP contribution is -2.10. The number of hydrogen-bond acceptors (Lipinski definition) is 5. The number of carbonyl (C=O) groups excluding carboxylic acids is 2. The monoisotopic (exact) mass is 295 g/mol. The summed E-state index contributed by atoms with van der Waals surface area (Å²) in [5.74, 6) is -1.95. The van der Waals surface area contributed by atoms with Gasteiger partial charge in [0.2, 0.25) is 0 Å². The van der Waals surface area contributed by atoms with Crippen molar-refractivity contribution in [1.29, 1.82) is 0 Å². The fraction of sp³-hybridized carbons (Fsp3) is 0.0769. The summed E-state index contributed by atoms with van der Waals surface area (Å²) in [4.78, 5) is 23.3. The van der Waals surface area contributed by atoms with E-state index in [0.29, 0.717) is 5.69 Å². The average molecular weight is 295 g/mol. The van der Waals surface area contributed by atoms with Crippen LogP contribution in [0, 0.1) is 5.82 Å². The third-order valence-electron chi connectivity index (χ3n) is 2.41. The van der Waals surface area contributed by atoms with E-state index in [2.05, 4.69) is 10.1 Å². The van der Waals surface area contributed by atoms with Crippen LogP contribution in [0.15, 0.2) is 30.3 Å². The van der Waals surface area contributed by atoms with Crippen LogP contribution < -0.4 is 5.32 Å². The van der Waals surface area contributed by atoms with E-state index in [4.69, 9.17) is 0 Å². The molecule has 0 spiro atoms. The van der Waals surface area contributed by atoms with Crippen LogP contribution in [0.5, 0.6) is 5.75 Å². The Morgan fingerprint density at radius 3 is 2.55 bits per heavy atom. The summed E-state index contributed by atoms with van der Waals surface area (Å²) in [6, 6.07) is 6.34. The summed E-state index contributed by atoms with van der Waals surface area (Å²) in [7, 11) is 1.21. The topological polar surface area (TPSA) is 75.6 Å². The number of halogens is 1. The number of rotatable bonds is 3. The summed E-state index contributed by atoms with van der Waals surface area (Å²) >= 11 is 0.812. The Morgan fingerprint density at radius 2 is 1.95 bits per heavy atom. The number of anilines is 1. The number of esters is 1. The highest BCUT2D eigenvalue weighted by Crippen LogP contribution is 2.29. The Labute approximate surface area is 117 Å². The van der Waals surface area contributed by atoms with E-state index in [0.717, 1.165) is 17.4 Å². The van der Waals surface area contributed by atoms with Gasteiger partial charge in [0.05, 0.1) is 7.11 Å². The highest BCUT2D eigenvalue weighted by Gasteiger charge is 2.19. The van der Waals surface area contributed by atoms with Gasteiger partial charge in [-0.15, -0.1) is 11.3 Å². The van der Waals surface area contributed by atoms with Crippen LogP contribution in [-0.4, -0.2) is 24.1 Å². The highest BCUT2D eigenvalue weighted by molar-refractivity contribution is 7.16. The lowest BCUT2D eigenvalue weighted by Gasteiger charge is -2.03. The van der Waals surface area contributed by atoms with Crippen LogP contribution in [0.3, 0.4) is 0 Å². The first kappa shape index (κ1) is 14.0. The minimum absolute atomic E-state index is 0.0188. The van der Waals surface area contributed by atoms with Crippen LogP contribution in [0.2, 0.25) is 0 Å². The molecular weight excluding hydrogens is 285 g/mol. The summed E-state index contributed by atoms with van der Waals surface area (Å²) in [6.45, 7) is 0. The van der Waals surface area contributed by atoms with Gasteiger partial charge in [-0.25, -0.2) is 9.18 Å². The number of amides is 1. The van der Waals surface area contributed by atoms with Gasteiger partial charge in [-0.2, -0.15) is 0 Å². The number of carbonyl (C=O) groups is 2. The molecule has 0 bridgehead atoms. The van der Waals surface area contributed by atoms with Gasteiger partial charge in [0.15, 0.2) is 0 Å². The zero-order valence-electron chi connectivity index (χ0n) is 10.3. The van der Waals surface area contributed by atoms with Gasteiger partial charge in [0.25, 0.3) is 5.91 Å². The van der Waals surface area contributed by atoms with E-state index in [-0.39, 0.29) is 15.5 Å². The Hall–Kier alpha value is -2.41. The van der Waals surface area contributed by atoms with E-state index in [9.17, 15) is 19.1 Å². The SMILES string of the molecule is COC(=O)c1cc(O)c(C(=O)Nc2ccc(F)cc2)s1. The second-order valence-electron chi connectivity index (χ2n) is 3.78. The molecule has 0 radical (unpaired) electrons. The van der Waals surface area contributed by atoms with Crippen LogP contribution >= 0.6 is 11.3 Å². The molecule has 104 valence electrons. The smallest absolute Gasteiger partial charge is 0.348 e. The van der Waals surface area contributed by atoms with E-state index < -0.39 is 17.7 Å². The van der Waals surface area contributed by atoms with Crippen LogP contribution in [0.25, 0.3) is 0 Å². The standard InChI is InChI=1S/C13H10FNO4S/c1-19-13(18)10-6-9(16)11(20-10)12(17)15-8-4-2-7(14)3-5-8/h2-6,16H,1H3,(H,15,17). The van der Waals surface area contributed by atoms with Crippen molar-refractivity contribution < 1.29 is 23.8 Å². The van der Waals surface area contributed by atoms with Crippen molar-refractivity contribution in [1.82, 2.24) is 0 Å². The predicted molar refractivity (Wildman–Crippen MR) is 71.7 cm³/mol. The molecule has 2 N–H and O–H groups in total. The number of aromatic hydroxyl groups is 1. The first-order chi connectivity index (χ1) is 9.51. The zero-order valence-corrected chi connectivity index (χ0v) is 11.2. The lowest BCUT2D eigenvalue weighted by molar-refractivity contribution is 0.0606. The maximum atomic E-state index is 12.7. The number of methoxy groups -OCH3 is 1. The fourth-order valence-corrected chi connectivity index (χ4v) is 2.33. The quantitative estimate of drug-likeness (QED) is 0.854. The van der Waals surface area contributed by atoms with Crippen LogP contribution in [-0.2, 0) is 4.74 Å². The molecule has 1 aromatic heterocycles. The Bertz CT molecular complexity index is 651. The van der Waals surface area contributed by atoms with E-state index in [1.807, 2.05) is 0 Å². The van der Waals surface area contributed by atoms with Crippen molar-refractivity contribution in [3.05, 3.63) is 45.9 Å². The van der Waals surface area contributed by atoms with Gasteiger partial charge in [-0.1, -0.05) is 0 Å². The summed E-state index contributed by atoms with van der Waals surface area (Å²) in [5.41, 5.74) is 0.379. The Morgan fingerprint density at radius 1 is 1.30 bits per heavy atom. The van der Waals surface area contributed by atoms with Crippen molar-refractivity contribution >= 4 is 28.9 Å². The molecule has 1 aromatic carbocycles. The van der Waals surface area contributed by atoms with Crippen molar-refractivity contribution in [2.75, 3.05) is 12.4 Å².